The van der Waals surface area contributed by atoms with Gasteiger partial charge in [0, 0.05) is 0 Å². The Morgan fingerprint density at radius 3 is 2.85 bits per heavy atom. The summed E-state index contributed by atoms with van der Waals surface area (Å²) in [6.45, 7) is 2.00. The summed E-state index contributed by atoms with van der Waals surface area (Å²) in [5.74, 6) is -0.821. The molecule has 13 heavy (non-hydrogen) atoms. The minimum atomic E-state index is -0.821. The van der Waals surface area contributed by atoms with Crippen molar-refractivity contribution in [3.8, 4) is 0 Å². The minimum Gasteiger partial charge on any atom is -0.478 e. The molecule has 68 valence electrons. The fourth-order valence-corrected chi connectivity index (χ4v) is 2.05. The monoisotopic (exact) mass is 176 g/mol. The quantitative estimate of drug-likeness (QED) is 0.712. The van der Waals surface area contributed by atoms with E-state index in [0.717, 1.165) is 18.4 Å². The van der Waals surface area contributed by atoms with Crippen molar-refractivity contribution in [1.82, 2.24) is 0 Å². The second kappa shape index (κ2) is 2.87. The maximum atomic E-state index is 10.8. The highest BCUT2D eigenvalue weighted by molar-refractivity contribution is 5.88. The van der Waals surface area contributed by atoms with Gasteiger partial charge in [-0.25, -0.2) is 4.79 Å². The Balaban J connectivity index is 2.55. The number of benzene rings is 1. The standard InChI is InChI=1S/C11H12O2/c1-7-5-9(11(12)13)6-8-3-2-4-10(7)8/h5-6H,2-4H2,1H3,(H,12,13). The van der Waals surface area contributed by atoms with Gasteiger partial charge < -0.3 is 5.11 Å². The number of aromatic carboxylic acids is 1. The van der Waals surface area contributed by atoms with E-state index in [1.807, 2.05) is 13.0 Å². The molecule has 0 saturated carbocycles. The van der Waals surface area contributed by atoms with Gasteiger partial charge in [0.05, 0.1) is 5.56 Å². The lowest BCUT2D eigenvalue weighted by Crippen LogP contribution is -1.99. The summed E-state index contributed by atoms with van der Waals surface area (Å²) in [6.07, 6.45) is 3.32. The summed E-state index contributed by atoms with van der Waals surface area (Å²) in [5.41, 5.74) is 4.16. The highest BCUT2D eigenvalue weighted by Gasteiger charge is 2.15. The van der Waals surface area contributed by atoms with Gasteiger partial charge in [0.2, 0.25) is 0 Å². The van der Waals surface area contributed by atoms with Crippen LogP contribution in [0.5, 0.6) is 0 Å². The number of hydrogen-bond donors (Lipinski definition) is 1. The molecule has 0 atom stereocenters. The molecule has 1 aromatic rings. The van der Waals surface area contributed by atoms with Gasteiger partial charge >= 0.3 is 5.97 Å². The zero-order chi connectivity index (χ0) is 9.42. The smallest absolute Gasteiger partial charge is 0.335 e. The zero-order valence-corrected chi connectivity index (χ0v) is 7.63. The molecule has 0 saturated heterocycles. The molecule has 0 fully saturated rings. The van der Waals surface area contributed by atoms with Gasteiger partial charge in [-0.05, 0) is 55.0 Å². The second-order valence-electron chi connectivity index (χ2n) is 3.59. The fraction of sp³-hybridized carbons (Fsp3) is 0.364. The predicted octanol–water partition coefficient (Wildman–Crippen LogP) is 2.18. The van der Waals surface area contributed by atoms with E-state index < -0.39 is 5.97 Å². The van der Waals surface area contributed by atoms with E-state index in [4.69, 9.17) is 5.11 Å². The SMILES string of the molecule is Cc1cc(C(=O)O)cc2c1CCC2. The maximum absolute atomic E-state index is 10.8. The van der Waals surface area contributed by atoms with Crippen molar-refractivity contribution in [1.29, 1.82) is 0 Å². The van der Waals surface area contributed by atoms with E-state index in [1.165, 1.54) is 17.5 Å². The van der Waals surface area contributed by atoms with Gasteiger partial charge in [-0.3, -0.25) is 0 Å². The molecule has 2 rings (SSSR count). The van der Waals surface area contributed by atoms with Crippen molar-refractivity contribution in [3.05, 3.63) is 34.4 Å². The predicted molar refractivity (Wildman–Crippen MR) is 50.2 cm³/mol. The molecule has 0 unspecified atom stereocenters. The van der Waals surface area contributed by atoms with Gasteiger partial charge in [-0.1, -0.05) is 0 Å². The van der Waals surface area contributed by atoms with Crippen molar-refractivity contribution >= 4 is 5.97 Å². The second-order valence-corrected chi connectivity index (χ2v) is 3.59. The van der Waals surface area contributed by atoms with Crippen LogP contribution in [0.2, 0.25) is 0 Å². The zero-order valence-electron chi connectivity index (χ0n) is 7.63. The Morgan fingerprint density at radius 1 is 1.38 bits per heavy atom. The van der Waals surface area contributed by atoms with Crippen LogP contribution in [0.3, 0.4) is 0 Å². The number of hydrogen-bond acceptors (Lipinski definition) is 1. The molecule has 0 heterocycles. The molecule has 0 spiro atoms. The lowest BCUT2D eigenvalue weighted by Gasteiger charge is -2.05. The first kappa shape index (κ1) is 8.30. The molecule has 2 heteroatoms. The van der Waals surface area contributed by atoms with E-state index in [1.54, 1.807) is 6.07 Å². The lowest BCUT2D eigenvalue weighted by atomic mass is 10.0. The van der Waals surface area contributed by atoms with Gasteiger partial charge in [-0.15, -0.1) is 0 Å². The van der Waals surface area contributed by atoms with Crippen LogP contribution in [0.25, 0.3) is 0 Å². The van der Waals surface area contributed by atoms with Crippen LogP contribution < -0.4 is 0 Å². The third kappa shape index (κ3) is 1.32. The van der Waals surface area contributed by atoms with Crippen LogP contribution in [-0.4, -0.2) is 11.1 Å². The fourth-order valence-electron chi connectivity index (χ4n) is 2.05. The molecule has 1 N–H and O–H groups in total. The Hall–Kier alpha value is -1.31. The minimum absolute atomic E-state index is 0.429. The first-order chi connectivity index (χ1) is 6.18. The molecule has 2 nitrogen and oxygen atoms in total. The first-order valence-corrected chi connectivity index (χ1v) is 4.54. The van der Waals surface area contributed by atoms with Crippen LogP contribution in [0.1, 0.15) is 33.5 Å². The topological polar surface area (TPSA) is 37.3 Å². The van der Waals surface area contributed by atoms with E-state index in [-0.39, 0.29) is 0 Å². The average Bonchev–Trinajstić information content (AvgIpc) is 2.51. The third-order valence-electron chi connectivity index (χ3n) is 2.69. The summed E-state index contributed by atoms with van der Waals surface area (Å²) in [7, 11) is 0. The summed E-state index contributed by atoms with van der Waals surface area (Å²) in [4.78, 5) is 10.8. The van der Waals surface area contributed by atoms with E-state index in [9.17, 15) is 4.79 Å². The average molecular weight is 176 g/mol. The summed E-state index contributed by atoms with van der Waals surface area (Å²) >= 11 is 0. The lowest BCUT2D eigenvalue weighted by molar-refractivity contribution is 0.0696. The third-order valence-corrected chi connectivity index (χ3v) is 2.69. The van der Waals surface area contributed by atoms with E-state index in [2.05, 4.69) is 0 Å². The number of fused-ring (bicyclic) bond motifs is 1. The largest absolute Gasteiger partial charge is 0.478 e. The number of carboxylic acid groups (broad SMARTS) is 1. The molecule has 1 aliphatic carbocycles. The Morgan fingerprint density at radius 2 is 2.15 bits per heavy atom. The number of carboxylic acids is 1. The normalized spacial score (nSPS) is 14.2. The number of aryl methyl sites for hydroxylation is 2. The summed E-state index contributed by atoms with van der Waals surface area (Å²) in [5, 5.41) is 8.84. The van der Waals surface area contributed by atoms with Crippen LogP contribution >= 0.6 is 0 Å². The number of carbonyl (C=O) groups is 1. The van der Waals surface area contributed by atoms with Crippen LogP contribution in [0.15, 0.2) is 12.1 Å². The summed E-state index contributed by atoms with van der Waals surface area (Å²) in [6, 6.07) is 3.59. The van der Waals surface area contributed by atoms with Crippen molar-refractivity contribution < 1.29 is 9.90 Å². The molecule has 0 aromatic heterocycles. The molecular weight excluding hydrogens is 164 g/mol. The van der Waals surface area contributed by atoms with Crippen molar-refractivity contribution in [2.75, 3.05) is 0 Å². The van der Waals surface area contributed by atoms with Gasteiger partial charge in [0.25, 0.3) is 0 Å². The van der Waals surface area contributed by atoms with Crippen molar-refractivity contribution in [3.63, 3.8) is 0 Å². The molecular formula is C11H12O2. The Kier molecular flexibility index (Phi) is 1.83. The molecule has 1 aliphatic rings. The molecule has 0 radical (unpaired) electrons. The van der Waals surface area contributed by atoms with E-state index >= 15 is 0 Å². The van der Waals surface area contributed by atoms with Crippen LogP contribution in [0, 0.1) is 6.92 Å². The van der Waals surface area contributed by atoms with Gasteiger partial charge in [0.15, 0.2) is 0 Å². The highest BCUT2D eigenvalue weighted by atomic mass is 16.4. The van der Waals surface area contributed by atoms with Crippen LogP contribution in [-0.2, 0) is 12.8 Å². The first-order valence-electron chi connectivity index (χ1n) is 4.54. The molecule has 0 amide bonds. The maximum Gasteiger partial charge on any atom is 0.335 e. The summed E-state index contributed by atoms with van der Waals surface area (Å²) < 4.78 is 0. The molecule has 0 aliphatic heterocycles. The Bertz CT molecular complexity index is 367. The molecule has 0 bridgehead atoms. The van der Waals surface area contributed by atoms with Gasteiger partial charge in [0.1, 0.15) is 0 Å². The molecule has 1 aromatic carbocycles. The van der Waals surface area contributed by atoms with Crippen molar-refractivity contribution in [2.24, 2.45) is 0 Å². The Labute approximate surface area is 77.2 Å². The number of rotatable bonds is 1. The van der Waals surface area contributed by atoms with E-state index in [0.29, 0.717) is 5.56 Å². The van der Waals surface area contributed by atoms with Gasteiger partial charge in [-0.2, -0.15) is 0 Å². The highest BCUT2D eigenvalue weighted by Crippen LogP contribution is 2.26. The van der Waals surface area contributed by atoms with Crippen LogP contribution in [0.4, 0.5) is 0 Å². The van der Waals surface area contributed by atoms with Crippen molar-refractivity contribution in [2.45, 2.75) is 26.2 Å².